The predicted molar refractivity (Wildman–Crippen MR) is 89.8 cm³/mol. The van der Waals surface area contributed by atoms with E-state index in [2.05, 4.69) is 10.5 Å². The lowest BCUT2D eigenvalue weighted by atomic mass is 10.1. The van der Waals surface area contributed by atoms with Crippen LogP contribution in [0.3, 0.4) is 0 Å². The van der Waals surface area contributed by atoms with Gasteiger partial charge in [0.15, 0.2) is 11.5 Å². The Labute approximate surface area is 143 Å². The number of para-hydroxylation sites is 2. The molecule has 1 aliphatic rings. The van der Waals surface area contributed by atoms with E-state index in [0.717, 1.165) is 0 Å². The first kappa shape index (κ1) is 16.1. The molecule has 1 heterocycles. The van der Waals surface area contributed by atoms with Gasteiger partial charge in [0, 0.05) is 10.6 Å². The van der Waals surface area contributed by atoms with Gasteiger partial charge < -0.3 is 14.6 Å². The molecule has 0 aromatic heterocycles. The van der Waals surface area contributed by atoms with E-state index < -0.39 is 12.0 Å². The zero-order valence-corrected chi connectivity index (χ0v) is 13.6. The first-order valence-electron chi connectivity index (χ1n) is 7.26. The highest BCUT2D eigenvalue weighted by molar-refractivity contribution is 6.31. The lowest BCUT2D eigenvalue weighted by Crippen LogP contribution is -2.42. The zero-order chi connectivity index (χ0) is 17.1. The molecule has 24 heavy (non-hydrogen) atoms. The molecule has 0 fully saturated rings. The number of amides is 1. The summed E-state index contributed by atoms with van der Waals surface area (Å²) >= 11 is 5.90. The molecular weight excluding hydrogens is 332 g/mol. The summed E-state index contributed by atoms with van der Waals surface area (Å²) < 4.78 is 11.1. The van der Waals surface area contributed by atoms with Crippen LogP contribution in [0.25, 0.3) is 0 Å². The van der Waals surface area contributed by atoms with E-state index in [4.69, 9.17) is 21.1 Å². The largest absolute Gasteiger partial charge is 0.507 e. The Balaban J connectivity index is 1.68. The molecule has 0 radical (unpaired) electrons. The van der Waals surface area contributed by atoms with E-state index in [1.165, 1.54) is 6.07 Å². The average Bonchev–Trinajstić information content (AvgIpc) is 2.61. The van der Waals surface area contributed by atoms with Crippen LogP contribution in [-0.4, -0.2) is 29.4 Å². The van der Waals surface area contributed by atoms with Gasteiger partial charge in [-0.3, -0.25) is 4.79 Å². The number of halogens is 1. The second-order valence-corrected chi connectivity index (χ2v) is 5.64. The summed E-state index contributed by atoms with van der Waals surface area (Å²) in [6.07, 6.45) is -0.801. The van der Waals surface area contributed by atoms with Crippen LogP contribution in [0.2, 0.25) is 5.02 Å². The Bertz CT molecular complexity index is 807. The Kier molecular flexibility index (Phi) is 4.57. The molecule has 0 spiro atoms. The standard InChI is InChI=1S/C17H15ClN2O4/c1-10(12-8-11(18)6-7-13(12)21)19-20-17(22)16-9-23-14-4-2-3-5-15(14)24-16/h2-8,16,21H,9H2,1H3,(H,20,22)/b19-10+. The smallest absolute Gasteiger partial charge is 0.284 e. The van der Waals surface area contributed by atoms with Crippen LogP contribution in [0, 0.1) is 0 Å². The summed E-state index contributed by atoms with van der Waals surface area (Å²) in [7, 11) is 0. The maximum Gasteiger partial charge on any atom is 0.284 e. The number of nitrogens with zero attached hydrogens (tertiary/aromatic N) is 1. The number of carbonyl (C=O) groups excluding carboxylic acids is 1. The van der Waals surface area contributed by atoms with Crippen LogP contribution in [0.1, 0.15) is 12.5 Å². The molecule has 1 unspecified atom stereocenters. The molecule has 1 atom stereocenters. The molecule has 0 saturated heterocycles. The maximum atomic E-state index is 12.2. The van der Waals surface area contributed by atoms with Crippen LogP contribution in [-0.2, 0) is 4.79 Å². The summed E-state index contributed by atoms with van der Waals surface area (Å²) in [5.41, 5.74) is 3.27. The third-order valence-corrected chi connectivity index (χ3v) is 3.72. The minimum Gasteiger partial charge on any atom is -0.507 e. The van der Waals surface area contributed by atoms with Crippen LogP contribution in [0.15, 0.2) is 47.6 Å². The Morgan fingerprint density at radius 3 is 2.83 bits per heavy atom. The van der Waals surface area contributed by atoms with Crippen molar-refractivity contribution in [3.8, 4) is 17.2 Å². The number of phenolic OH excluding ortho intramolecular Hbond substituents is 1. The van der Waals surface area contributed by atoms with E-state index in [-0.39, 0.29) is 12.4 Å². The van der Waals surface area contributed by atoms with Gasteiger partial charge in [0.05, 0.1) is 5.71 Å². The summed E-state index contributed by atoms with van der Waals surface area (Å²) in [4.78, 5) is 12.2. The third-order valence-electron chi connectivity index (χ3n) is 3.48. The maximum absolute atomic E-state index is 12.2. The van der Waals surface area contributed by atoms with E-state index in [0.29, 0.717) is 27.8 Å². The first-order valence-corrected chi connectivity index (χ1v) is 7.64. The van der Waals surface area contributed by atoms with Gasteiger partial charge in [0.25, 0.3) is 5.91 Å². The number of hydrogen-bond acceptors (Lipinski definition) is 5. The van der Waals surface area contributed by atoms with Crippen molar-refractivity contribution in [3.05, 3.63) is 53.1 Å². The van der Waals surface area contributed by atoms with Crippen molar-refractivity contribution in [3.63, 3.8) is 0 Å². The van der Waals surface area contributed by atoms with Crippen LogP contribution in [0.4, 0.5) is 0 Å². The van der Waals surface area contributed by atoms with Crippen molar-refractivity contribution in [2.24, 2.45) is 5.10 Å². The molecule has 1 aliphatic heterocycles. The molecule has 0 aliphatic carbocycles. The monoisotopic (exact) mass is 346 g/mol. The second kappa shape index (κ2) is 6.80. The fourth-order valence-electron chi connectivity index (χ4n) is 2.22. The number of hydrogen-bond donors (Lipinski definition) is 2. The number of carbonyl (C=O) groups is 1. The summed E-state index contributed by atoms with van der Waals surface area (Å²) in [6, 6.07) is 11.7. The Hall–Kier alpha value is -2.73. The molecule has 0 saturated carbocycles. The zero-order valence-electron chi connectivity index (χ0n) is 12.8. The van der Waals surface area contributed by atoms with Gasteiger partial charge in [-0.2, -0.15) is 5.10 Å². The lowest BCUT2D eigenvalue weighted by molar-refractivity contribution is -0.130. The van der Waals surface area contributed by atoms with Gasteiger partial charge in [-0.1, -0.05) is 23.7 Å². The van der Waals surface area contributed by atoms with E-state index in [1.54, 1.807) is 37.3 Å². The number of nitrogens with one attached hydrogen (secondary N) is 1. The van der Waals surface area contributed by atoms with Gasteiger partial charge in [-0.25, -0.2) is 5.43 Å². The molecule has 2 aromatic carbocycles. The van der Waals surface area contributed by atoms with Gasteiger partial charge >= 0.3 is 0 Å². The van der Waals surface area contributed by atoms with Gasteiger partial charge in [-0.05, 0) is 37.3 Å². The minimum absolute atomic E-state index is 0.0288. The van der Waals surface area contributed by atoms with Gasteiger partial charge in [-0.15, -0.1) is 0 Å². The third kappa shape index (κ3) is 3.44. The lowest BCUT2D eigenvalue weighted by Gasteiger charge is -2.24. The average molecular weight is 347 g/mol. The molecule has 2 N–H and O–H groups in total. The summed E-state index contributed by atoms with van der Waals surface area (Å²) in [5.74, 6) is 0.702. The highest BCUT2D eigenvalue weighted by atomic mass is 35.5. The number of phenols is 1. The van der Waals surface area contributed by atoms with Gasteiger partial charge in [0.1, 0.15) is 12.4 Å². The highest BCUT2D eigenvalue weighted by Crippen LogP contribution is 2.30. The number of aromatic hydroxyl groups is 1. The van der Waals surface area contributed by atoms with Crippen molar-refractivity contribution in [2.45, 2.75) is 13.0 Å². The minimum atomic E-state index is -0.801. The Morgan fingerprint density at radius 2 is 2.04 bits per heavy atom. The van der Waals surface area contributed by atoms with Crippen molar-refractivity contribution in [1.29, 1.82) is 0 Å². The SMILES string of the molecule is C/C(=N\NC(=O)C1COc2ccccc2O1)c1cc(Cl)ccc1O. The van der Waals surface area contributed by atoms with Gasteiger partial charge in [0.2, 0.25) is 6.10 Å². The molecule has 2 aromatic rings. The van der Waals surface area contributed by atoms with Crippen LogP contribution < -0.4 is 14.9 Å². The summed E-state index contributed by atoms with van der Waals surface area (Å²) in [5, 5.41) is 14.3. The molecule has 6 nitrogen and oxygen atoms in total. The van der Waals surface area contributed by atoms with Crippen molar-refractivity contribution in [2.75, 3.05) is 6.61 Å². The predicted octanol–water partition coefficient (Wildman–Crippen LogP) is 2.73. The molecular formula is C17H15ClN2O4. The molecule has 3 rings (SSSR count). The normalized spacial score (nSPS) is 16.6. The number of rotatable bonds is 3. The fourth-order valence-corrected chi connectivity index (χ4v) is 2.39. The molecule has 124 valence electrons. The van der Waals surface area contributed by atoms with E-state index in [9.17, 15) is 9.90 Å². The molecule has 7 heteroatoms. The van der Waals surface area contributed by atoms with Crippen molar-refractivity contribution in [1.82, 2.24) is 5.43 Å². The Morgan fingerprint density at radius 1 is 1.29 bits per heavy atom. The summed E-state index contributed by atoms with van der Waals surface area (Å²) in [6.45, 7) is 1.75. The van der Waals surface area contributed by atoms with Crippen LogP contribution >= 0.6 is 11.6 Å². The number of fused-ring (bicyclic) bond motifs is 1. The number of ether oxygens (including phenoxy) is 2. The number of benzene rings is 2. The fraction of sp³-hybridized carbons (Fsp3) is 0.176. The second-order valence-electron chi connectivity index (χ2n) is 5.20. The first-order chi connectivity index (χ1) is 11.5. The highest BCUT2D eigenvalue weighted by Gasteiger charge is 2.27. The van der Waals surface area contributed by atoms with Crippen molar-refractivity contribution >= 4 is 23.2 Å². The van der Waals surface area contributed by atoms with E-state index >= 15 is 0 Å². The van der Waals surface area contributed by atoms with E-state index in [1.807, 2.05) is 6.07 Å². The molecule has 0 bridgehead atoms. The quantitative estimate of drug-likeness (QED) is 0.661. The number of hydrazone groups is 1. The molecule has 1 amide bonds. The van der Waals surface area contributed by atoms with Crippen LogP contribution in [0.5, 0.6) is 17.2 Å². The topological polar surface area (TPSA) is 80.2 Å². The van der Waals surface area contributed by atoms with Crippen molar-refractivity contribution < 1.29 is 19.4 Å².